The zero-order valence-electron chi connectivity index (χ0n) is 10.1. The second-order valence-electron chi connectivity index (χ2n) is 3.80. The zero-order valence-corrected chi connectivity index (χ0v) is 10.1. The van der Waals surface area contributed by atoms with Crippen LogP contribution in [0.2, 0.25) is 0 Å². The van der Waals surface area contributed by atoms with E-state index < -0.39 is 0 Å². The van der Waals surface area contributed by atoms with Crippen molar-refractivity contribution in [3.8, 4) is 0 Å². The Hall–Kier alpha value is -2.24. The lowest BCUT2D eigenvalue weighted by Gasteiger charge is -2.13. The van der Waals surface area contributed by atoms with Crippen LogP contribution in [-0.4, -0.2) is 35.3 Å². The Morgan fingerprint density at radius 3 is 3.22 bits per heavy atom. The minimum Gasteiger partial charge on any atom is -0.442 e. The number of amides is 1. The number of ether oxygens (including phenoxy) is 1. The molecule has 0 radical (unpaired) electrons. The summed E-state index contributed by atoms with van der Waals surface area (Å²) in [6.07, 6.45) is 4.36. The number of hydrogen-bond acceptors (Lipinski definition) is 5. The van der Waals surface area contributed by atoms with E-state index in [1.165, 1.54) is 6.26 Å². The maximum atomic E-state index is 11.7. The van der Waals surface area contributed by atoms with Crippen LogP contribution in [0.25, 0.3) is 0 Å². The van der Waals surface area contributed by atoms with E-state index in [0.29, 0.717) is 18.9 Å². The average Bonchev–Trinajstić information content (AvgIpc) is 2.99. The lowest BCUT2D eigenvalue weighted by atomic mass is 10.3. The van der Waals surface area contributed by atoms with Gasteiger partial charge in [-0.15, -0.1) is 0 Å². The molecule has 96 valence electrons. The molecule has 1 aliphatic heterocycles. The van der Waals surface area contributed by atoms with E-state index >= 15 is 0 Å². The highest BCUT2D eigenvalue weighted by atomic mass is 16.6. The first-order valence-corrected chi connectivity index (χ1v) is 5.65. The summed E-state index contributed by atoms with van der Waals surface area (Å²) in [5, 5.41) is 6.74. The van der Waals surface area contributed by atoms with E-state index in [9.17, 15) is 4.79 Å². The van der Waals surface area contributed by atoms with Crippen LogP contribution in [0.4, 0.5) is 10.6 Å². The van der Waals surface area contributed by atoms with Gasteiger partial charge in [0.05, 0.1) is 13.1 Å². The second kappa shape index (κ2) is 5.39. The van der Waals surface area contributed by atoms with Crippen molar-refractivity contribution in [3.63, 3.8) is 0 Å². The highest BCUT2D eigenvalue weighted by molar-refractivity contribution is 5.73. The van der Waals surface area contributed by atoms with Crippen LogP contribution in [0.3, 0.4) is 0 Å². The minimum atomic E-state index is -0.352. The Morgan fingerprint density at radius 2 is 2.61 bits per heavy atom. The Kier molecular flexibility index (Phi) is 3.66. The smallest absolute Gasteiger partial charge is 0.414 e. The molecule has 0 aliphatic carbocycles. The molecule has 2 heterocycles. The molecular weight excluding hydrogens is 234 g/mol. The van der Waals surface area contributed by atoms with E-state index in [1.54, 1.807) is 17.0 Å². The maximum absolute atomic E-state index is 11.7. The number of nitrogens with one attached hydrogen (secondary N) is 1. The third-order valence-corrected chi connectivity index (χ3v) is 2.64. The van der Waals surface area contributed by atoms with Gasteiger partial charge in [-0.05, 0) is 13.0 Å². The number of carbonyl (C=O) groups excluding carboxylic acids is 1. The Morgan fingerprint density at radius 1 is 1.78 bits per heavy atom. The molecule has 2 rings (SSSR count). The van der Waals surface area contributed by atoms with Crippen molar-refractivity contribution >= 4 is 11.9 Å². The predicted molar refractivity (Wildman–Crippen MR) is 65.9 cm³/mol. The molecule has 1 aromatic heterocycles. The normalized spacial score (nSPS) is 19.8. The van der Waals surface area contributed by atoms with Crippen molar-refractivity contribution in [3.05, 3.63) is 36.8 Å². The van der Waals surface area contributed by atoms with Crippen LogP contribution >= 0.6 is 0 Å². The van der Waals surface area contributed by atoms with Crippen molar-refractivity contribution in [2.24, 2.45) is 0 Å². The summed E-state index contributed by atoms with van der Waals surface area (Å²) >= 11 is 0. The molecule has 1 aromatic rings. The summed E-state index contributed by atoms with van der Waals surface area (Å²) in [4.78, 5) is 13.2. The number of aromatic nitrogens is 1. The van der Waals surface area contributed by atoms with Crippen LogP contribution in [-0.2, 0) is 4.74 Å². The van der Waals surface area contributed by atoms with Crippen LogP contribution < -0.4 is 5.32 Å². The standard InChI is InChI=1S/C12H15N3O3/c1-3-9(4-2)15-8-10(18-12(15)16)7-13-11-5-6-17-14-11/h3-6,10H,1,7-8H2,2H3,(H,13,14). The summed E-state index contributed by atoms with van der Waals surface area (Å²) in [5.74, 6) is 0.625. The SMILES string of the molecule is C=CC(=CC)N1CC(CNc2ccon2)OC1=O. The van der Waals surface area contributed by atoms with Gasteiger partial charge in [-0.25, -0.2) is 4.79 Å². The number of cyclic esters (lactones) is 1. The highest BCUT2D eigenvalue weighted by Crippen LogP contribution is 2.18. The van der Waals surface area contributed by atoms with Gasteiger partial charge in [-0.2, -0.15) is 0 Å². The number of carbonyl (C=O) groups is 1. The summed E-state index contributed by atoms with van der Waals surface area (Å²) in [6, 6.07) is 1.70. The topological polar surface area (TPSA) is 67.6 Å². The lowest BCUT2D eigenvalue weighted by Crippen LogP contribution is -2.26. The molecule has 0 aromatic carbocycles. The molecule has 1 atom stereocenters. The summed E-state index contributed by atoms with van der Waals surface area (Å²) in [7, 11) is 0. The molecule has 0 bridgehead atoms. The number of nitrogens with zero attached hydrogens (tertiary/aromatic N) is 2. The van der Waals surface area contributed by atoms with E-state index in [1.807, 2.05) is 13.0 Å². The molecule has 1 N–H and O–H groups in total. The van der Waals surface area contributed by atoms with Gasteiger partial charge in [0, 0.05) is 11.8 Å². The van der Waals surface area contributed by atoms with Crippen LogP contribution in [0.15, 0.2) is 41.3 Å². The molecule has 1 fully saturated rings. The molecule has 1 amide bonds. The number of anilines is 1. The molecule has 1 saturated heterocycles. The fraction of sp³-hybridized carbons (Fsp3) is 0.333. The fourth-order valence-corrected chi connectivity index (χ4v) is 1.74. The first-order chi connectivity index (χ1) is 8.74. The largest absolute Gasteiger partial charge is 0.442 e. The Balaban J connectivity index is 1.90. The summed E-state index contributed by atoms with van der Waals surface area (Å²) in [6.45, 7) is 6.50. The van der Waals surface area contributed by atoms with E-state index in [-0.39, 0.29) is 12.2 Å². The highest BCUT2D eigenvalue weighted by Gasteiger charge is 2.32. The summed E-state index contributed by atoms with van der Waals surface area (Å²) < 4.78 is 9.93. The van der Waals surface area contributed by atoms with Crippen LogP contribution in [0, 0.1) is 0 Å². The number of allylic oxidation sites excluding steroid dienone is 2. The third kappa shape index (κ3) is 2.53. The molecule has 18 heavy (non-hydrogen) atoms. The van der Waals surface area contributed by atoms with Crippen LogP contribution in [0.1, 0.15) is 6.92 Å². The predicted octanol–water partition coefficient (Wildman–Crippen LogP) is 2.00. The number of hydrogen-bond donors (Lipinski definition) is 1. The van der Waals surface area contributed by atoms with Crippen molar-refractivity contribution < 1.29 is 14.1 Å². The van der Waals surface area contributed by atoms with E-state index in [2.05, 4.69) is 17.1 Å². The van der Waals surface area contributed by atoms with E-state index in [4.69, 9.17) is 9.26 Å². The van der Waals surface area contributed by atoms with Crippen molar-refractivity contribution in [1.29, 1.82) is 0 Å². The molecule has 0 saturated carbocycles. The fourth-order valence-electron chi connectivity index (χ4n) is 1.74. The Labute approximate surface area is 105 Å². The molecule has 1 aliphatic rings. The van der Waals surface area contributed by atoms with Gasteiger partial charge in [0.25, 0.3) is 0 Å². The third-order valence-electron chi connectivity index (χ3n) is 2.64. The summed E-state index contributed by atoms with van der Waals surface area (Å²) in [5.41, 5.74) is 0.754. The number of rotatable bonds is 5. The monoisotopic (exact) mass is 249 g/mol. The van der Waals surface area contributed by atoms with Crippen molar-refractivity contribution in [1.82, 2.24) is 10.1 Å². The van der Waals surface area contributed by atoms with Gasteiger partial charge < -0.3 is 14.6 Å². The van der Waals surface area contributed by atoms with Gasteiger partial charge in [-0.3, -0.25) is 4.90 Å². The lowest BCUT2D eigenvalue weighted by molar-refractivity contribution is 0.139. The average molecular weight is 249 g/mol. The van der Waals surface area contributed by atoms with Gasteiger partial charge >= 0.3 is 6.09 Å². The van der Waals surface area contributed by atoms with Gasteiger partial charge in [-0.1, -0.05) is 17.8 Å². The molecular formula is C12H15N3O3. The minimum absolute atomic E-state index is 0.218. The Bertz CT molecular complexity index is 453. The maximum Gasteiger partial charge on any atom is 0.414 e. The quantitative estimate of drug-likeness (QED) is 0.808. The van der Waals surface area contributed by atoms with Gasteiger partial charge in [0.1, 0.15) is 12.4 Å². The van der Waals surface area contributed by atoms with Crippen molar-refractivity contribution in [2.75, 3.05) is 18.4 Å². The zero-order chi connectivity index (χ0) is 13.0. The molecule has 0 spiro atoms. The van der Waals surface area contributed by atoms with Crippen molar-refractivity contribution in [2.45, 2.75) is 13.0 Å². The second-order valence-corrected chi connectivity index (χ2v) is 3.80. The first kappa shape index (κ1) is 12.2. The van der Waals surface area contributed by atoms with E-state index in [0.717, 1.165) is 5.70 Å². The van der Waals surface area contributed by atoms with Crippen LogP contribution in [0.5, 0.6) is 0 Å². The van der Waals surface area contributed by atoms with Gasteiger partial charge in [0.2, 0.25) is 0 Å². The molecule has 1 unspecified atom stereocenters. The molecule has 6 heteroatoms. The molecule has 6 nitrogen and oxygen atoms in total. The first-order valence-electron chi connectivity index (χ1n) is 5.65. The van der Waals surface area contributed by atoms with Gasteiger partial charge in [0.15, 0.2) is 5.82 Å².